The van der Waals surface area contributed by atoms with E-state index in [1.54, 1.807) is 48.5 Å². The Hall–Kier alpha value is -3.95. The van der Waals surface area contributed by atoms with Crippen molar-refractivity contribution in [3.05, 3.63) is 48.5 Å². The van der Waals surface area contributed by atoms with Gasteiger partial charge in [-0.05, 0) is 36.4 Å². The lowest BCUT2D eigenvalue weighted by Gasteiger charge is -2.20. The molecule has 4 rings (SSSR count). The number of hydrogen-bond acceptors (Lipinski definition) is 8. The van der Waals surface area contributed by atoms with Crippen molar-refractivity contribution < 1.29 is 23.9 Å². The Labute approximate surface area is 172 Å². The number of hydrogen-bond donors (Lipinski definition) is 1. The highest BCUT2D eigenvalue weighted by Gasteiger charge is 2.55. The lowest BCUT2D eigenvalue weighted by Crippen LogP contribution is -2.43. The minimum atomic E-state index is -0.968. The molecule has 2 atom stereocenters. The number of ether oxygens (including phenoxy) is 2. The zero-order valence-electron chi connectivity index (χ0n) is 16.3. The number of amides is 3. The lowest BCUT2D eigenvalue weighted by molar-refractivity contribution is -0.123. The average Bonchev–Trinajstić information content (AvgIpc) is 3.27. The number of anilines is 2. The van der Waals surface area contributed by atoms with E-state index in [-0.39, 0.29) is 6.54 Å². The number of rotatable bonds is 6. The van der Waals surface area contributed by atoms with E-state index in [0.29, 0.717) is 22.9 Å². The summed E-state index contributed by atoms with van der Waals surface area (Å²) in [6.07, 6.45) is 0. The molecule has 2 heterocycles. The van der Waals surface area contributed by atoms with E-state index in [4.69, 9.17) is 9.47 Å². The number of imide groups is 1. The van der Waals surface area contributed by atoms with Gasteiger partial charge in [0.25, 0.3) is 11.8 Å². The van der Waals surface area contributed by atoms with E-state index in [1.165, 1.54) is 19.2 Å². The van der Waals surface area contributed by atoms with Gasteiger partial charge in [0.2, 0.25) is 5.91 Å². The summed E-state index contributed by atoms with van der Waals surface area (Å²) in [6.45, 7) is -0.225. The van der Waals surface area contributed by atoms with E-state index in [0.717, 1.165) is 4.90 Å². The van der Waals surface area contributed by atoms with Crippen molar-refractivity contribution in [2.75, 3.05) is 31.0 Å². The summed E-state index contributed by atoms with van der Waals surface area (Å²) in [7, 11) is 3.06. The molecule has 30 heavy (non-hydrogen) atoms. The van der Waals surface area contributed by atoms with E-state index in [9.17, 15) is 14.4 Å². The Morgan fingerprint density at radius 2 is 1.77 bits per heavy atom. The number of nitrogens with one attached hydrogen (secondary N) is 1. The molecule has 3 amide bonds. The molecule has 0 unspecified atom stereocenters. The standard InChI is InChI=1S/C20H19N5O5/c1-29-14-8-6-13(7-9-14)25-19(27)17-18(20(25)28)24(23-22-17)11-16(26)21-12-4-3-5-15(10-12)30-2/h3-10,17-18H,11H2,1-2H3,(H,21,26)/t17-,18-/m1/s1. The van der Waals surface area contributed by atoms with Gasteiger partial charge in [-0.25, -0.2) is 4.90 Å². The van der Waals surface area contributed by atoms with Gasteiger partial charge >= 0.3 is 0 Å². The molecular weight excluding hydrogens is 390 g/mol. The van der Waals surface area contributed by atoms with Crippen LogP contribution in [0.5, 0.6) is 11.5 Å². The Bertz CT molecular complexity index is 1020. The quantitative estimate of drug-likeness (QED) is 0.726. The molecule has 154 valence electrons. The number of nitrogens with zero attached hydrogens (tertiary/aromatic N) is 4. The summed E-state index contributed by atoms with van der Waals surface area (Å²) < 4.78 is 10.2. The molecule has 0 aliphatic carbocycles. The highest BCUT2D eigenvalue weighted by atomic mass is 16.5. The molecule has 0 saturated carbocycles. The second kappa shape index (κ2) is 7.82. The molecule has 2 aliphatic rings. The maximum Gasteiger partial charge on any atom is 0.263 e. The van der Waals surface area contributed by atoms with Gasteiger partial charge < -0.3 is 14.8 Å². The molecule has 1 N–H and O–H groups in total. The molecule has 0 bridgehead atoms. The zero-order chi connectivity index (χ0) is 21.3. The van der Waals surface area contributed by atoms with Crippen LogP contribution in [0.4, 0.5) is 11.4 Å². The molecule has 1 fully saturated rings. The number of fused-ring (bicyclic) bond motifs is 1. The van der Waals surface area contributed by atoms with Crippen molar-refractivity contribution >= 4 is 29.1 Å². The van der Waals surface area contributed by atoms with Crippen LogP contribution >= 0.6 is 0 Å². The summed E-state index contributed by atoms with van der Waals surface area (Å²) in [5, 5.41) is 11.8. The molecule has 0 spiro atoms. The van der Waals surface area contributed by atoms with Gasteiger partial charge in [-0.3, -0.25) is 19.4 Å². The van der Waals surface area contributed by atoms with Crippen molar-refractivity contribution in [2.45, 2.75) is 12.1 Å². The largest absolute Gasteiger partial charge is 0.497 e. The maximum absolute atomic E-state index is 12.9. The first-order chi connectivity index (χ1) is 14.5. The van der Waals surface area contributed by atoms with Gasteiger partial charge in [0.05, 0.1) is 19.9 Å². The van der Waals surface area contributed by atoms with E-state index >= 15 is 0 Å². The van der Waals surface area contributed by atoms with Crippen LogP contribution in [0.3, 0.4) is 0 Å². The van der Waals surface area contributed by atoms with Crippen LogP contribution in [0.2, 0.25) is 0 Å². The van der Waals surface area contributed by atoms with Crippen LogP contribution < -0.4 is 19.7 Å². The van der Waals surface area contributed by atoms with Gasteiger partial charge in [0.1, 0.15) is 18.0 Å². The van der Waals surface area contributed by atoms with Gasteiger partial charge in [0.15, 0.2) is 12.1 Å². The first-order valence-corrected chi connectivity index (χ1v) is 9.15. The number of carbonyl (C=O) groups is 3. The van der Waals surface area contributed by atoms with Crippen molar-refractivity contribution in [3.63, 3.8) is 0 Å². The molecule has 0 radical (unpaired) electrons. The smallest absolute Gasteiger partial charge is 0.263 e. The van der Waals surface area contributed by atoms with Gasteiger partial charge in [-0.2, -0.15) is 5.11 Å². The van der Waals surface area contributed by atoms with Crippen LogP contribution in [0, 0.1) is 0 Å². The van der Waals surface area contributed by atoms with E-state index in [2.05, 4.69) is 15.7 Å². The Morgan fingerprint density at radius 3 is 2.47 bits per heavy atom. The van der Waals surface area contributed by atoms with Crippen molar-refractivity contribution in [2.24, 2.45) is 10.3 Å². The third-order valence-corrected chi connectivity index (χ3v) is 4.85. The van der Waals surface area contributed by atoms with Crippen LogP contribution in [0.15, 0.2) is 58.9 Å². The summed E-state index contributed by atoms with van der Waals surface area (Å²) in [6, 6.07) is 11.5. The maximum atomic E-state index is 12.9. The minimum Gasteiger partial charge on any atom is -0.497 e. The Morgan fingerprint density at radius 1 is 1.03 bits per heavy atom. The van der Waals surface area contributed by atoms with E-state index < -0.39 is 29.8 Å². The number of methoxy groups -OCH3 is 2. The van der Waals surface area contributed by atoms with Gasteiger partial charge in [-0.1, -0.05) is 11.3 Å². The third-order valence-electron chi connectivity index (χ3n) is 4.85. The topological polar surface area (TPSA) is 113 Å². The number of carbonyl (C=O) groups excluding carboxylic acids is 3. The fourth-order valence-corrected chi connectivity index (χ4v) is 3.39. The summed E-state index contributed by atoms with van der Waals surface area (Å²) in [4.78, 5) is 39.2. The summed E-state index contributed by atoms with van der Waals surface area (Å²) in [5.41, 5.74) is 0.955. The molecule has 2 aliphatic heterocycles. The minimum absolute atomic E-state index is 0.225. The molecule has 2 aromatic carbocycles. The van der Waals surface area contributed by atoms with Crippen molar-refractivity contribution in [3.8, 4) is 11.5 Å². The molecule has 0 aromatic heterocycles. The Kier molecular flexibility index (Phi) is 5.05. The van der Waals surface area contributed by atoms with Gasteiger partial charge in [-0.15, -0.1) is 0 Å². The SMILES string of the molecule is COc1ccc(N2C(=O)[C@@H]3N=NN(CC(=O)Nc4cccc(OC)c4)[C@H]3C2=O)cc1. The van der Waals surface area contributed by atoms with Crippen molar-refractivity contribution in [1.82, 2.24) is 5.01 Å². The van der Waals surface area contributed by atoms with Crippen molar-refractivity contribution in [1.29, 1.82) is 0 Å². The zero-order valence-corrected chi connectivity index (χ0v) is 16.3. The second-order valence-electron chi connectivity index (χ2n) is 6.68. The first kappa shape index (κ1) is 19.4. The molecular formula is C20H19N5O5. The lowest BCUT2D eigenvalue weighted by atomic mass is 10.1. The first-order valence-electron chi connectivity index (χ1n) is 9.15. The number of benzene rings is 2. The predicted molar refractivity (Wildman–Crippen MR) is 106 cm³/mol. The Balaban J connectivity index is 1.46. The molecule has 10 heteroatoms. The van der Waals surface area contributed by atoms with Crippen LogP contribution in [0.25, 0.3) is 0 Å². The normalized spacial score (nSPS) is 19.8. The highest BCUT2D eigenvalue weighted by Crippen LogP contribution is 2.32. The molecule has 2 aromatic rings. The fourth-order valence-electron chi connectivity index (χ4n) is 3.39. The third kappa shape index (κ3) is 3.43. The fraction of sp³-hybridized carbons (Fsp3) is 0.250. The summed E-state index contributed by atoms with van der Waals surface area (Å²) >= 11 is 0. The van der Waals surface area contributed by atoms with Crippen LogP contribution in [0.1, 0.15) is 0 Å². The van der Waals surface area contributed by atoms with Gasteiger partial charge in [0, 0.05) is 11.8 Å². The monoisotopic (exact) mass is 409 g/mol. The average molecular weight is 409 g/mol. The highest BCUT2D eigenvalue weighted by molar-refractivity contribution is 6.25. The van der Waals surface area contributed by atoms with E-state index in [1.807, 2.05) is 0 Å². The second-order valence-corrected chi connectivity index (χ2v) is 6.68. The molecule has 10 nitrogen and oxygen atoms in total. The summed E-state index contributed by atoms with van der Waals surface area (Å²) in [5.74, 6) is -0.149. The van der Waals surface area contributed by atoms with Crippen LogP contribution in [-0.4, -0.2) is 55.6 Å². The molecule has 1 saturated heterocycles. The predicted octanol–water partition coefficient (Wildman–Crippen LogP) is 1.64. The van der Waals surface area contributed by atoms with Crippen LogP contribution in [-0.2, 0) is 14.4 Å².